The van der Waals surface area contributed by atoms with Crippen LogP contribution in [0.15, 0.2) is 60.6 Å². The van der Waals surface area contributed by atoms with Crippen molar-refractivity contribution in [2.45, 2.75) is 38.3 Å². The maximum atomic E-state index is 13.9. The van der Waals surface area contributed by atoms with Crippen LogP contribution in [0, 0.1) is 24.4 Å². The molecule has 0 radical (unpaired) electrons. The molecule has 0 unspecified atom stereocenters. The normalized spacial score (nSPS) is 20.9. The Hall–Kier alpha value is -3.81. The van der Waals surface area contributed by atoms with Crippen molar-refractivity contribution in [3.63, 3.8) is 0 Å². The smallest absolute Gasteiger partial charge is 0.250 e. The van der Waals surface area contributed by atoms with Crippen LogP contribution in [0.5, 0.6) is 5.75 Å². The van der Waals surface area contributed by atoms with Crippen molar-refractivity contribution < 1.29 is 22.7 Å². The molecule has 35 heavy (non-hydrogen) atoms. The molecule has 1 aromatic heterocycles. The van der Waals surface area contributed by atoms with Crippen LogP contribution in [-0.4, -0.2) is 33.5 Å². The van der Waals surface area contributed by atoms with E-state index in [1.165, 1.54) is 0 Å². The first-order valence-electron chi connectivity index (χ1n) is 11.4. The summed E-state index contributed by atoms with van der Waals surface area (Å²) in [6, 6.07) is 6.82. The number of hydrogen-bond donors (Lipinski definition) is 0. The van der Waals surface area contributed by atoms with Gasteiger partial charge in [-0.25, -0.2) is 18.2 Å². The Morgan fingerprint density at radius 1 is 1.14 bits per heavy atom. The van der Waals surface area contributed by atoms with Gasteiger partial charge in [-0.3, -0.25) is 4.79 Å². The van der Waals surface area contributed by atoms with Crippen LogP contribution < -0.4 is 4.74 Å². The van der Waals surface area contributed by atoms with Crippen molar-refractivity contribution in [1.29, 1.82) is 0 Å². The van der Waals surface area contributed by atoms with Gasteiger partial charge in [-0.2, -0.15) is 0 Å². The predicted octanol–water partition coefficient (Wildman–Crippen LogP) is 5.68. The molecule has 0 N–H and O–H groups in total. The molecule has 8 heteroatoms. The summed E-state index contributed by atoms with van der Waals surface area (Å²) in [4.78, 5) is 19.5. The van der Waals surface area contributed by atoms with Gasteiger partial charge < -0.3 is 14.2 Å². The quantitative estimate of drug-likeness (QED) is 0.275. The molecular formula is C27H24F3N3O2. The molecule has 180 valence electrons. The highest BCUT2D eigenvalue weighted by Crippen LogP contribution is 2.38. The van der Waals surface area contributed by atoms with Gasteiger partial charge in [0.2, 0.25) is 0 Å². The van der Waals surface area contributed by atoms with Crippen LogP contribution in [0.3, 0.4) is 0 Å². The monoisotopic (exact) mass is 479 g/mol. The molecule has 0 bridgehead atoms. The number of nitrogens with zero attached hydrogens (tertiary/aromatic N) is 3. The molecule has 1 saturated heterocycles. The molecule has 2 aliphatic rings. The minimum Gasteiger partial charge on any atom is -0.495 e. The molecule has 2 aliphatic heterocycles. The molecule has 5 nitrogen and oxygen atoms in total. The summed E-state index contributed by atoms with van der Waals surface area (Å²) in [5.74, 6) is -3.62. The zero-order chi connectivity index (χ0) is 24.7. The molecule has 5 rings (SSSR count). The molecular weight excluding hydrogens is 455 g/mol. The number of methoxy groups -OCH3 is 1. The first kappa shape index (κ1) is 23.0. The fourth-order valence-corrected chi connectivity index (χ4v) is 4.84. The van der Waals surface area contributed by atoms with E-state index in [2.05, 4.69) is 4.98 Å². The van der Waals surface area contributed by atoms with Crippen LogP contribution in [0.25, 0.3) is 11.8 Å². The number of aromatic nitrogens is 2. The molecule has 1 amide bonds. The maximum absolute atomic E-state index is 13.9. The lowest BCUT2D eigenvalue weighted by atomic mass is 9.87. The molecule has 0 spiro atoms. The highest BCUT2D eigenvalue weighted by molar-refractivity contribution is 5.99. The first-order chi connectivity index (χ1) is 16.9. The Balaban J connectivity index is 1.47. The standard InChI is InChI=1S/C27H24F3N3O2/c1-16-14-32(15-31-16)24-9-6-17(11-25(24)35-2)10-18-7-8-20-4-3-5-23(33(20)27(18)34)19-12-21(28)26(30)22(29)13-19/h3,5-6,9-15,20,23H,4,7-8H2,1-2H3/b18-10+/t20-,23+/m0/s1. The Morgan fingerprint density at radius 3 is 2.60 bits per heavy atom. The second-order valence-electron chi connectivity index (χ2n) is 8.84. The lowest BCUT2D eigenvalue weighted by Crippen LogP contribution is -2.47. The van der Waals surface area contributed by atoms with Crippen LogP contribution in [-0.2, 0) is 4.79 Å². The van der Waals surface area contributed by atoms with Gasteiger partial charge in [0.1, 0.15) is 5.75 Å². The van der Waals surface area contributed by atoms with Gasteiger partial charge in [0.15, 0.2) is 17.5 Å². The molecule has 3 aromatic rings. The SMILES string of the molecule is COc1cc(/C=C2\CC[C@@H]3CC=C[C@H](c4cc(F)c(F)c(F)c4)N3C2=O)ccc1-n1cnc(C)c1. The largest absolute Gasteiger partial charge is 0.495 e. The van der Waals surface area contributed by atoms with Crippen LogP contribution in [0.4, 0.5) is 13.2 Å². The number of amides is 1. The molecule has 0 saturated carbocycles. The molecule has 2 atom stereocenters. The number of carbonyl (C=O) groups excluding carboxylic acids is 1. The van der Waals surface area contributed by atoms with E-state index in [-0.39, 0.29) is 17.5 Å². The van der Waals surface area contributed by atoms with Gasteiger partial charge in [-0.15, -0.1) is 0 Å². The van der Waals surface area contributed by atoms with Gasteiger partial charge >= 0.3 is 0 Å². The highest BCUT2D eigenvalue weighted by atomic mass is 19.2. The number of imidazole rings is 1. The maximum Gasteiger partial charge on any atom is 0.250 e. The van der Waals surface area contributed by atoms with Crippen LogP contribution >= 0.6 is 0 Å². The summed E-state index contributed by atoms with van der Waals surface area (Å²) in [6.45, 7) is 1.90. The number of piperidine rings is 1. The number of halogens is 3. The minimum absolute atomic E-state index is 0.0905. The lowest BCUT2D eigenvalue weighted by Gasteiger charge is -2.43. The summed E-state index contributed by atoms with van der Waals surface area (Å²) in [5, 5.41) is 0. The number of benzene rings is 2. The van der Waals surface area contributed by atoms with Crippen molar-refractivity contribution >= 4 is 12.0 Å². The van der Waals surface area contributed by atoms with Gasteiger partial charge in [-0.05, 0) is 67.7 Å². The predicted molar refractivity (Wildman–Crippen MR) is 126 cm³/mol. The number of fused-ring (bicyclic) bond motifs is 1. The summed E-state index contributed by atoms with van der Waals surface area (Å²) in [5.41, 5.74) is 3.31. The van der Waals surface area contributed by atoms with E-state index in [0.717, 1.165) is 29.1 Å². The van der Waals surface area contributed by atoms with Crippen molar-refractivity contribution in [2.75, 3.05) is 7.11 Å². The summed E-state index contributed by atoms with van der Waals surface area (Å²) >= 11 is 0. The number of aryl methyl sites for hydroxylation is 1. The summed E-state index contributed by atoms with van der Waals surface area (Å²) in [6.07, 6.45) is 11.0. The van der Waals surface area contributed by atoms with E-state index in [1.54, 1.807) is 24.4 Å². The second-order valence-corrected chi connectivity index (χ2v) is 8.84. The highest BCUT2D eigenvalue weighted by Gasteiger charge is 2.38. The van der Waals surface area contributed by atoms with Gasteiger partial charge in [0.25, 0.3) is 5.91 Å². The van der Waals surface area contributed by atoms with E-state index < -0.39 is 23.5 Å². The summed E-state index contributed by atoms with van der Waals surface area (Å²) in [7, 11) is 1.58. The van der Waals surface area contributed by atoms with Crippen LogP contribution in [0.1, 0.15) is 42.1 Å². The molecule has 3 heterocycles. The third kappa shape index (κ3) is 4.24. The summed E-state index contributed by atoms with van der Waals surface area (Å²) < 4.78 is 48.8. The average molecular weight is 480 g/mol. The molecule has 1 fully saturated rings. The number of carbonyl (C=O) groups is 1. The van der Waals surface area contributed by atoms with E-state index >= 15 is 0 Å². The first-order valence-corrected chi connectivity index (χ1v) is 11.4. The van der Waals surface area contributed by atoms with Gasteiger partial charge in [0, 0.05) is 17.8 Å². The Labute approximate surface area is 201 Å². The van der Waals surface area contributed by atoms with Crippen molar-refractivity contribution in [2.24, 2.45) is 0 Å². The van der Waals surface area contributed by atoms with Crippen molar-refractivity contribution in [3.05, 3.63) is 94.9 Å². The third-order valence-electron chi connectivity index (χ3n) is 6.56. The zero-order valence-corrected chi connectivity index (χ0v) is 19.3. The fraction of sp³-hybridized carbons (Fsp3) is 0.259. The number of ether oxygens (including phenoxy) is 1. The Bertz CT molecular complexity index is 1340. The number of hydrogen-bond acceptors (Lipinski definition) is 3. The van der Waals surface area contributed by atoms with E-state index in [4.69, 9.17) is 4.74 Å². The van der Waals surface area contributed by atoms with Crippen molar-refractivity contribution in [3.8, 4) is 11.4 Å². The second kappa shape index (κ2) is 9.09. The van der Waals surface area contributed by atoms with Crippen molar-refractivity contribution in [1.82, 2.24) is 14.5 Å². The third-order valence-corrected chi connectivity index (χ3v) is 6.56. The average Bonchev–Trinajstić information content (AvgIpc) is 3.29. The topological polar surface area (TPSA) is 47.4 Å². The van der Waals surface area contributed by atoms with Gasteiger partial charge in [0.05, 0.1) is 30.9 Å². The molecule has 0 aliphatic carbocycles. The van der Waals surface area contributed by atoms with E-state index in [1.807, 2.05) is 48.0 Å². The Kier molecular flexibility index (Phi) is 5.96. The minimum atomic E-state index is -1.51. The lowest BCUT2D eigenvalue weighted by molar-refractivity contribution is -0.133. The van der Waals surface area contributed by atoms with Gasteiger partial charge in [-0.1, -0.05) is 18.2 Å². The zero-order valence-electron chi connectivity index (χ0n) is 19.3. The van der Waals surface area contributed by atoms with Crippen LogP contribution in [0.2, 0.25) is 0 Å². The molecule has 2 aromatic carbocycles. The Morgan fingerprint density at radius 2 is 1.91 bits per heavy atom. The van der Waals surface area contributed by atoms with E-state index in [0.29, 0.717) is 30.6 Å². The van der Waals surface area contributed by atoms with E-state index in [9.17, 15) is 18.0 Å². The fourth-order valence-electron chi connectivity index (χ4n) is 4.84. The number of rotatable bonds is 4.